The average molecular weight is 294 g/mol. The van der Waals surface area contributed by atoms with Crippen LogP contribution in [0.3, 0.4) is 0 Å². The highest BCUT2D eigenvalue weighted by Crippen LogP contribution is 2.24. The van der Waals surface area contributed by atoms with Crippen LogP contribution in [-0.2, 0) is 13.0 Å². The number of benzene rings is 2. The van der Waals surface area contributed by atoms with Gasteiger partial charge < -0.3 is 10.3 Å². The summed E-state index contributed by atoms with van der Waals surface area (Å²) in [5, 5.41) is 4.35. The molecule has 1 aliphatic heterocycles. The molecule has 3 nitrogen and oxygen atoms in total. The molecule has 4 heteroatoms. The van der Waals surface area contributed by atoms with Crippen LogP contribution >= 0.6 is 0 Å². The molecule has 4 rings (SSSR count). The Labute approximate surface area is 126 Å². The van der Waals surface area contributed by atoms with E-state index in [1.807, 2.05) is 12.1 Å². The van der Waals surface area contributed by atoms with Crippen molar-refractivity contribution in [3.05, 3.63) is 69.8 Å². The topological polar surface area (TPSA) is 44.9 Å². The van der Waals surface area contributed by atoms with Crippen molar-refractivity contribution in [3.8, 4) is 11.1 Å². The zero-order chi connectivity index (χ0) is 15.1. The monoisotopic (exact) mass is 294 g/mol. The summed E-state index contributed by atoms with van der Waals surface area (Å²) in [6.45, 7) is 1.82. The molecular weight excluding hydrogens is 279 g/mol. The SMILES string of the molecule is O=c1[nH]c2cc3c(cc2cc1-c1ccc(F)cc1)CCNC3. The lowest BCUT2D eigenvalue weighted by Crippen LogP contribution is -2.23. The molecule has 110 valence electrons. The minimum atomic E-state index is -0.303. The number of pyridine rings is 1. The van der Waals surface area contributed by atoms with Crippen molar-refractivity contribution in [1.29, 1.82) is 0 Å². The number of fused-ring (bicyclic) bond motifs is 2. The van der Waals surface area contributed by atoms with Crippen molar-refractivity contribution in [2.24, 2.45) is 0 Å². The van der Waals surface area contributed by atoms with Crippen LogP contribution < -0.4 is 10.9 Å². The quantitative estimate of drug-likeness (QED) is 0.724. The van der Waals surface area contributed by atoms with Gasteiger partial charge in [0.25, 0.3) is 5.56 Å². The fraction of sp³-hybridized carbons (Fsp3) is 0.167. The zero-order valence-corrected chi connectivity index (χ0v) is 11.9. The molecule has 22 heavy (non-hydrogen) atoms. The maximum absolute atomic E-state index is 13.1. The minimum Gasteiger partial charge on any atom is -0.321 e. The molecule has 0 amide bonds. The molecule has 0 atom stereocenters. The van der Waals surface area contributed by atoms with E-state index in [4.69, 9.17) is 0 Å². The zero-order valence-electron chi connectivity index (χ0n) is 11.9. The molecule has 0 saturated heterocycles. The van der Waals surface area contributed by atoms with Crippen molar-refractivity contribution in [2.75, 3.05) is 6.54 Å². The lowest BCUT2D eigenvalue weighted by molar-refractivity contribution is 0.628. The largest absolute Gasteiger partial charge is 0.321 e. The van der Waals surface area contributed by atoms with Crippen molar-refractivity contribution in [1.82, 2.24) is 10.3 Å². The number of hydrogen-bond acceptors (Lipinski definition) is 2. The molecule has 0 saturated carbocycles. The number of rotatable bonds is 1. The third-order valence-electron chi connectivity index (χ3n) is 4.21. The Balaban J connectivity index is 1.91. The van der Waals surface area contributed by atoms with Gasteiger partial charge in [-0.3, -0.25) is 4.79 Å². The van der Waals surface area contributed by atoms with Gasteiger partial charge in [-0.1, -0.05) is 12.1 Å². The lowest BCUT2D eigenvalue weighted by Gasteiger charge is -2.18. The van der Waals surface area contributed by atoms with Gasteiger partial charge in [0.1, 0.15) is 5.82 Å². The summed E-state index contributed by atoms with van der Waals surface area (Å²) in [4.78, 5) is 15.3. The maximum atomic E-state index is 13.1. The molecular formula is C18H15FN2O. The summed E-state index contributed by atoms with van der Waals surface area (Å²) in [7, 11) is 0. The Bertz CT molecular complexity index is 913. The molecule has 2 heterocycles. The number of nitrogens with one attached hydrogen (secondary N) is 2. The molecule has 0 unspecified atom stereocenters. The third kappa shape index (κ3) is 2.22. The number of H-pyrrole nitrogens is 1. The molecule has 0 aliphatic carbocycles. The van der Waals surface area contributed by atoms with Gasteiger partial charge in [0, 0.05) is 17.6 Å². The summed E-state index contributed by atoms with van der Waals surface area (Å²) in [6, 6.07) is 12.1. The molecule has 3 aromatic rings. The van der Waals surface area contributed by atoms with E-state index in [-0.39, 0.29) is 11.4 Å². The summed E-state index contributed by atoms with van der Waals surface area (Å²) >= 11 is 0. The first-order chi connectivity index (χ1) is 10.7. The molecule has 1 aromatic heterocycles. The van der Waals surface area contributed by atoms with E-state index < -0.39 is 0 Å². The summed E-state index contributed by atoms with van der Waals surface area (Å²) in [5.74, 6) is -0.303. The van der Waals surface area contributed by atoms with Crippen LogP contribution in [0.1, 0.15) is 11.1 Å². The van der Waals surface area contributed by atoms with Gasteiger partial charge in [-0.15, -0.1) is 0 Å². The van der Waals surface area contributed by atoms with E-state index in [1.165, 1.54) is 23.3 Å². The Hall–Kier alpha value is -2.46. The Kier molecular flexibility index (Phi) is 3.05. The summed E-state index contributed by atoms with van der Waals surface area (Å²) < 4.78 is 13.1. The maximum Gasteiger partial charge on any atom is 0.256 e. The fourth-order valence-electron chi connectivity index (χ4n) is 3.03. The minimum absolute atomic E-state index is 0.150. The van der Waals surface area contributed by atoms with Gasteiger partial charge in [0.2, 0.25) is 0 Å². The fourth-order valence-corrected chi connectivity index (χ4v) is 3.03. The second kappa shape index (κ2) is 5.07. The predicted octanol–water partition coefficient (Wildman–Crippen LogP) is 2.98. The van der Waals surface area contributed by atoms with Crippen LogP contribution in [0.25, 0.3) is 22.0 Å². The smallest absolute Gasteiger partial charge is 0.256 e. The summed E-state index contributed by atoms with van der Waals surface area (Å²) in [5.41, 5.74) is 4.55. The Morgan fingerprint density at radius 2 is 1.82 bits per heavy atom. The van der Waals surface area contributed by atoms with E-state index in [2.05, 4.69) is 16.4 Å². The van der Waals surface area contributed by atoms with E-state index in [0.717, 1.165) is 36.0 Å². The van der Waals surface area contributed by atoms with E-state index >= 15 is 0 Å². The highest BCUT2D eigenvalue weighted by atomic mass is 19.1. The van der Waals surface area contributed by atoms with Crippen molar-refractivity contribution < 1.29 is 4.39 Å². The second-order valence-corrected chi connectivity index (χ2v) is 5.65. The van der Waals surface area contributed by atoms with Crippen LogP contribution in [0.5, 0.6) is 0 Å². The van der Waals surface area contributed by atoms with Gasteiger partial charge >= 0.3 is 0 Å². The van der Waals surface area contributed by atoms with Gasteiger partial charge in [0.05, 0.1) is 0 Å². The molecule has 0 spiro atoms. The lowest BCUT2D eigenvalue weighted by atomic mass is 9.97. The number of aromatic amines is 1. The van der Waals surface area contributed by atoms with Crippen LogP contribution in [-0.4, -0.2) is 11.5 Å². The molecule has 0 radical (unpaired) electrons. The molecule has 2 aromatic carbocycles. The standard InChI is InChI=1S/C18H15FN2O/c19-15-3-1-11(2-4-15)16-8-13-7-12-5-6-20-10-14(12)9-17(13)21-18(16)22/h1-4,7-9,20H,5-6,10H2,(H,21,22). The van der Waals surface area contributed by atoms with Crippen LogP contribution in [0.2, 0.25) is 0 Å². The van der Waals surface area contributed by atoms with Gasteiger partial charge in [-0.2, -0.15) is 0 Å². The first-order valence-corrected chi connectivity index (χ1v) is 7.36. The number of hydrogen-bond donors (Lipinski definition) is 2. The molecule has 1 aliphatic rings. The van der Waals surface area contributed by atoms with E-state index in [9.17, 15) is 9.18 Å². The van der Waals surface area contributed by atoms with Crippen molar-refractivity contribution in [2.45, 2.75) is 13.0 Å². The van der Waals surface area contributed by atoms with Gasteiger partial charge in [0.15, 0.2) is 0 Å². The number of halogens is 1. The van der Waals surface area contributed by atoms with E-state index in [1.54, 1.807) is 12.1 Å². The second-order valence-electron chi connectivity index (χ2n) is 5.65. The van der Waals surface area contributed by atoms with E-state index in [0.29, 0.717) is 5.56 Å². The Morgan fingerprint density at radius 3 is 2.64 bits per heavy atom. The number of aromatic nitrogens is 1. The van der Waals surface area contributed by atoms with Gasteiger partial charge in [-0.25, -0.2) is 4.39 Å². The van der Waals surface area contributed by atoms with Gasteiger partial charge in [-0.05, 0) is 65.4 Å². The highest BCUT2D eigenvalue weighted by molar-refractivity contribution is 5.85. The molecule has 2 N–H and O–H groups in total. The summed E-state index contributed by atoms with van der Waals surface area (Å²) in [6.07, 6.45) is 0.996. The highest BCUT2D eigenvalue weighted by Gasteiger charge is 2.12. The molecule has 0 fully saturated rings. The van der Waals surface area contributed by atoms with Crippen LogP contribution in [0.4, 0.5) is 4.39 Å². The van der Waals surface area contributed by atoms with Crippen LogP contribution in [0.15, 0.2) is 47.3 Å². The first kappa shape index (κ1) is 13.2. The average Bonchev–Trinajstić information content (AvgIpc) is 2.53. The molecule has 0 bridgehead atoms. The van der Waals surface area contributed by atoms with Crippen LogP contribution in [0, 0.1) is 5.82 Å². The van der Waals surface area contributed by atoms with Crippen molar-refractivity contribution in [3.63, 3.8) is 0 Å². The Morgan fingerprint density at radius 1 is 1.00 bits per heavy atom. The third-order valence-corrected chi connectivity index (χ3v) is 4.21. The van der Waals surface area contributed by atoms with Crippen molar-refractivity contribution >= 4 is 10.9 Å². The first-order valence-electron chi connectivity index (χ1n) is 7.36. The predicted molar refractivity (Wildman–Crippen MR) is 85.4 cm³/mol. The normalized spacial score (nSPS) is 14.0.